The van der Waals surface area contributed by atoms with Gasteiger partial charge in [0.2, 0.25) is 0 Å². The molecule has 1 fully saturated rings. The standard InChI is InChI=1S/C17H26N2O2S/c1-13-6-4-5-7-14(13)16(2,3)10-18-15(20)19-11-17(21)8-9-22-12-17/h4-7,21H,8-12H2,1-3H3,(H2,18,19,20). The van der Waals surface area contributed by atoms with E-state index in [9.17, 15) is 9.90 Å². The Hall–Kier alpha value is -1.20. The molecule has 1 saturated heterocycles. The maximum Gasteiger partial charge on any atom is 0.314 e. The summed E-state index contributed by atoms with van der Waals surface area (Å²) in [4.78, 5) is 12.0. The summed E-state index contributed by atoms with van der Waals surface area (Å²) in [5, 5.41) is 15.9. The van der Waals surface area contributed by atoms with Gasteiger partial charge in [0, 0.05) is 24.3 Å². The highest BCUT2D eigenvalue weighted by atomic mass is 32.2. The number of thioether (sulfide) groups is 1. The van der Waals surface area contributed by atoms with Crippen molar-refractivity contribution in [3.05, 3.63) is 35.4 Å². The topological polar surface area (TPSA) is 61.4 Å². The van der Waals surface area contributed by atoms with Crippen molar-refractivity contribution in [2.75, 3.05) is 24.6 Å². The molecule has 3 N–H and O–H groups in total. The van der Waals surface area contributed by atoms with Crippen LogP contribution in [0.4, 0.5) is 4.79 Å². The van der Waals surface area contributed by atoms with Gasteiger partial charge >= 0.3 is 6.03 Å². The zero-order chi connectivity index (χ0) is 16.2. The Morgan fingerprint density at radius 3 is 2.73 bits per heavy atom. The molecule has 0 aliphatic carbocycles. The number of urea groups is 1. The third-order valence-electron chi connectivity index (χ3n) is 4.23. The van der Waals surface area contributed by atoms with Crippen LogP contribution in [0.2, 0.25) is 0 Å². The van der Waals surface area contributed by atoms with Crippen LogP contribution in [0.15, 0.2) is 24.3 Å². The number of rotatable bonds is 5. The summed E-state index contributed by atoms with van der Waals surface area (Å²) in [6, 6.07) is 8.02. The molecule has 1 aliphatic rings. The van der Waals surface area contributed by atoms with Crippen LogP contribution in [0, 0.1) is 6.92 Å². The van der Waals surface area contributed by atoms with Crippen molar-refractivity contribution in [1.29, 1.82) is 0 Å². The van der Waals surface area contributed by atoms with Crippen LogP contribution >= 0.6 is 11.8 Å². The smallest absolute Gasteiger partial charge is 0.314 e. The quantitative estimate of drug-likeness (QED) is 0.780. The predicted molar refractivity (Wildman–Crippen MR) is 92.5 cm³/mol. The third-order valence-corrected chi connectivity index (χ3v) is 5.46. The molecule has 1 aromatic carbocycles. The van der Waals surface area contributed by atoms with Crippen LogP contribution < -0.4 is 10.6 Å². The fraction of sp³-hybridized carbons (Fsp3) is 0.588. The Kier molecular flexibility index (Phi) is 5.40. The van der Waals surface area contributed by atoms with E-state index >= 15 is 0 Å². The monoisotopic (exact) mass is 322 g/mol. The fourth-order valence-corrected chi connectivity index (χ4v) is 4.07. The molecule has 122 valence electrons. The summed E-state index contributed by atoms with van der Waals surface area (Å²) in [5.74, 6) is 1.65. The van der Waals surface area contributed by atoms with Crippen LogP contribution in [0.5, 0.6) is 0 Å². The van der Waals surface area contributed by atoms with Crippen molar-refractivity contribution in [2.24, 2.45) is 0 Å². The molecule has 5 heteroatoms. The van der Waals surface area contributed by atoms with E-state index < -0.39 is 5.60 Å². The minimum atomic E-state index is -0.743. The van der Waals surface area contributed by atoms with Gasteiger partial charge in [0.05, 0.1) is 5.60 Å². The van der Waals surface area contributed by atoms with Gasteiger partial charge in [0.15, 0.2) is 0 Å². The van der Waals surface area contributed by atoms with Gasteiger partial charge in [-0.05, 0) is 30.2 Å². The predicted octanol–water partition coefficient (Wildman–Crippen LogP) is 2.44. The van der Waals surface area contributed by atoms with Crippen molar-refractivity contribution >= 4 is 17.8 Å². The Morgan fingerprint density at radius 2 is 2.09 bits per heavy atom. The van der Waals surface area contributed by atoms with Crippen molar-refractivity contribution < 1.29 is 9.90 Å². The van der Waals surface area contributed by atoms with Crippen LogP contribution in [0.1, 0.15) is 31.4 Å². The molecular formula is C17H26N2O2S. The summed E-state index contributed by atoms with van der Waals surface area (Å²) in [6.07, 6.45) is 0.743. The van der Waals surface area contributed by atoms with Gasteiger partial charge in [0.25, 0.3) is 0 Å². The minimum Gasteiger partial charge on any atom is -0.387 e. The largest absolute Gasteiger partial charge is 0.387 e. The molecule has 0 radical (unpaired) electrons. The second-order valence-electron chi connectivity index (χ2n) is 6.76. The van der Waals surface area contributed by atoms with Crippen molar-refractivity contribution in [1.82, 2.24) is 10.6 Å². The van der Waals surface area contributed by atoms with Gasteiger partial charge in [-0.25, -0.2) is 4.79 Å². The molecule has 2 rings (SSSR count). The zero-order valence-corrected chi connectivity index (χ0v) is 14.4. The summed E-state index contributed by atoms with van der Waals surface area (Å²) in [7, 11) is 0. The number of amides is 2. The average Bonchev–Trinajstić information content (AvgIpc) is 2.91. The van der Waals surface area contributed by atoms with Gasteiger partial charge in [-0.3, -0.25) is 0 Å². The van der Waals surface area contributed by atoms with Gasteiger partial charge < -0.3 is 15.7 Å². The highest BCUT2D eigenvalue weighted by Gasteiger charge is 2.32. The van der Waals surface area contributed by atoms with E-state index in [4.69, 9.17) is 0 Å². The van der Waals surface area contributed by atoms with Gasteiger partial charge in [-0.1, -0.05) is 38.1 Å². The summed E-state index contributed by atoms with van der Waals surface area (Å²) < 4.78 is 0. The molecule has 0 spiro atoms. The zero-order valence-electron chi connectivity index (χ0n) is 13.6. The normalized spacial score (nSPS) is 21.6. The Bertz CT molecular complexity index is 525. The molecular weight excluding hydrogens is 296 g/mol. The lowest BCUT2D eigenvalue weighted by Gasteiger charge is -2.28. The number of hydrogen-bond donors (Lipinski definition) is 3. The molecule has 1 aliphatic heterocycles. The van der Waals surface area contributed by atoms with Crippen LogP contribution in [-0.4, -0.2) is 41.3 Å². The Morgan fingerprint density at radius 1 is 1.36 bits per heavy atom. The first-order valence-corrected chi connectivity index (χ1v) is 8.86. The molecule has 1 atom stereocenters. The highest BCUT2D eigenvalue weighted by molar-refractivity contribution is 7.99. The lowest BCUT2D eigenvalue weighted by atomic mass is 9.82. The van der Waals surface area contributed by atoms with E-state index in [0.29, 0.717) is 18.8 Å². The molecule has 4 nitrogen and oxygen atoms in total. The van der Waals surface area contributed by atoms with Gasteiger partial charge in [-0.15, -0.1) is 0 Å². The maximum absolute atomic E-state index is 12.0. The molecule has 1 heterocycles. The molecule has 2 amide bonds. The Labute approximate surface area is 137 Å². The molecule has 1 unspecified atom stereocenters. The molecule has 0 bridgehead atoms. The SMILES string of the molecule is Cc1ccccc1C(C)(C)CNC(=O)NCC1(O)CCSC1. The molecule has 0 saturated carbocycles. The van der Waals surface area contributed by atoms with Gasteiger partial charge in [-0.2, -0.15) is 11.8 Å². The number of aryl methyl sites for hydroxylation is 1. The van der Waals surface area contributed by atoms with Gasteiger partial charge in [0.1, 0.15) is 0 Å². The van der Waals surface area contributed by atoms with E-state index in [1.165, 1.54) is 11.1 Å². The fourth-order valence-electron chi connectivity index (χ4n) is 2.77. The average molecular weight is 322 g/mol. The second kappa shape index (κ2) is 6.92. The van der Waals surface area contributed by atoms with Crippen LogP contribution in [-0.2, 0) is 5.41 Å². The summed E-state index contributed by atoms with van der Waals surface area (Å²) in [6.45, 7) is 7.20. The molecule has 0 aromatic heterocycles. The van der Waals surface area contributed by atoms with Crippen molar-refractivity contribution in [3.63, 3.8) is 0 Å². The van der Waals surface area contributed by atoms with Crippen LogP contribution in [0.25, 0.3) is 0 Å². The first kappa shape index (κ1) is 17.2. The third kappa shape index (κ3) is 4.40. The Balaban J connectivity index is 1.84. The summed E-state index contributed by atoms with van der Waals surface area (Å²) in [5.41, 5.74) is 1.59. The van der Waals surface area contributed by atoms with E-state index in [1.807, 2.05) is 12.1 Å². The lowest BCUT2D eigenvalue weighted by Crippen LogP contribution is -2.48. The first-order chi connectivity index (χ1) is 10.3. The lowest BCUT2D eigenvalue weighted by molar-refractivity contribution is 0.0699. The van der Waals surface area contributed by atoms with Crippen LogP contribution in [0.3, 0.4) is 0 Å². The van der Waals surface area contributed by atoms with Crippen molar-refractivity contribution in [2.45, 2.75) is 38.2 Å². The number of aliphatic hydroxyl groups is 1. The summed E-state index contributed by atoms with van der Waals surface area (Å²) >= 11 is 1.73. The highest BCUT2D eigenvalue weighted by Crippen LogP contribution is 2.27. The second-order valence-corrected chi connectivity index (χ2v) is 7.87. The molecule has 22 heavy (non-hydrogen) atoms. The van der Waals surface area contributed by atoms with E-state index in [1.54, 1.807) is 11.8 Å². The number of hydrogen-bond acceptors (Lipinski definition) is 3. The van der Waals surface area contributed by atoms with E-state index in [0.717, 1.165) is 12.2 Å². The molecule has 1 aromatic rings. The first-order valence-electron chi connectivity index (χ1n) is 7.70. The number of benzene rings is 1. The number of carbonyl (C=O) groups is 1. The van der Waals surface area contributed by atoms with E-state index in [-0.39, 0.29) is 11.4 Å². The maximum atomic E-state index is 12.0. The number of nitrogens with one attached hydrogen (secondary N) is 2. The minimum absolute atomic E-state index is 0.136. The number of carbonyl (C=O) groups excluding carboxylic acids is 1. The van der Waals surface area contributed by atoms with E-state index in [2.05, 4.69) is 43.5 Å². The van der Waals surface area contributed by atoms with Crippen molar-refractivity contribution in [3.8, 4) is 0 Å².